The summed E-state index contributed by atoms with van der Waals surface area (Å²) in [6.45, 7) is 4.10. The van der Waals surface area contributed by atoms with E-state index in [1.54, 1.807) is 19.1 Å². The van der Waals surface area contributed by atoms with Crippen LogP contribution in [0, 0.1) is 5.82 Å². The van der Waals surface area contributed by atoms with Crippen LogP contribution in [0.3, 0.4) is 0 Å². The first-order valence-electron chi connectivity index (χ1n) is 7.41. The smallest absolute Gasteiger partial charge is 0.254 e. The van der Waals surface area contributed by atoms with Gasteiger partial charge in [-0.05, 0) is 31.5 Å². The Labute approximate surface area is 138 Å². The van der Waals surface area contributed by atoms with E-state index in [2.05, 4.69) is 4.98 Å². The summed E-state index contributed by atoms with van der Waals surface area (Å²) < 4.78 is 13.9. The van der Waals surface area contributed by atoms with E-state index in [0.29, 0.717) is 24.2 Å². The van der Waals surface area contributed by atoms with E-state index in [1.165, 1.54) is 23.1 Å². The van der Waals surface area contributed by atoms with E-state index in [4.69, 9.17) is 11.6 Å². The normalized spacial score (nSPS) is 10.6. The summed E-state index contributed by atoms with van der Waals surface area (Å²) >= 11 is 6.02. The monoisotopic (exact) mass is 336 g/mol. The van der Waals surface area contributed by atoms with Crippen molar-refractivity contribution in [1.29, 1.82) is 0 Å². The number of nitrogens with zero attached hydrogens (tertiary/aromatic N) is 1. The van der Waals surface area contributed by atoms with Crippen molar-refractivity contribution in [3.8, 4) is 0 Å². The molecule has 6 heteroatoms. The molecule has 23 heavy (non-hydrogen) atoms. The van der Waals surface area contributed by atoms with E-state index in [9.17, 15) is 14.0 Å². The number of carbonyl (C=O) groups excluding carboxylic acids is 1. The number of pyridine rings is 1. The number of amides is 1. The van der Waals surface area contributed by atoms with Gasteiger partial charge in [0.15, 0.2) is 0 Å². The molecule has 0 saturated heterocycles. The minimum Gasteiger partial charge on any atom is -0.334 e. The fourth-order valence-corrected chi connectivity index (χ4v) is 2.52. The van der Waals surface area contributed by atoms with Crippen LogP contribution in [0.25, 0.3) is 0 Å². The predicted octanol–water partition coefficient (Wildman–Crippen LogP) is 3.39. The fourth-order valence-electron chi connectivity index (χ4n) is 2.30. The van der Waals surface area contributed by atoms with Crippen molar-refractivity contribution in [2.24, 2.45) is 0 Å². The van der Waals surface area contributed by atoms with Crippen molar-refractivity contribution in [2.45, 2.75) is 26.8 Å². The van der Waals surface area contributed by atoms with Crippen molar-refractivity contribution in [2.75, 3.05) is 6.54 Å². The summed E-state index contributed by atoms with van der Waals surface area (Å²) in [6, 6.07) is 7.31. The molecule has 0 aliphatic carbocycles. The van der Waals surface area contributed by atoms with E-state index in [1.807, 2.05) is 6.92 Å². The van der Waals surface area contributed by atoms with Gasteiger partial charge < -0.3 is 9.88 Å². The Bertz CT molecular complexity index is 753. The highest BCUT2D eigenvalue weighted by Gasteiger charge is 2.18. The topological polar surface area (TPSA) is 53.2 Å². The predicted molar refractivity (Wildman–Crippen MR) is 88.3 cm³/mol. The van der Waals surface area contributed by atoms with Crippen LogP contribution in [0.2, 0.25) is 5.02 Å². The highest BCUT2D eigenvalue weighted by atomic mass is 35.5. The van der Waals surface area contributed by atoms with Crippen molar-refractivity contribution < 1.29 is 9.18 Å². The van der Waals surface area contributed by atoms with Gasteiger partial charge in [0, 0.05) is 34.5 Å². The minimum atomic E-state index is -0.455. The molecule has 0 saturated carbocycles. The van der Waals surface area contributed by atoms with Crippen LogP contribution in [0.5, 0.6) is 0 Å². The van der Waals surface area contributed by atoms with Crippen LogP contribution in [0.1, 0.15) is 35.5 Å². The lowest BCUT2D eigenvalue weighted by Gasteiger charge is -2.22. The summed E-state index contributed by atoms with van der Waals surface area (Å²) in [5, 5.41) is 0.274. The number of carbonyl (C=O) groups is 1. The molecular formula is C17H18ClFN2O2. The van der Waals surface area contributed by atoms with Crippen LogP contribution < -0.4 is 5.56 Å². The highest BCUT2D eigenvalue weighted by molar-refractivity contribution is 6.31. The second-order valence-corrected chi connectivity index (χ2v) is 5.54. The van der Waals surface area contributed by atoms with E-state index in [0.717, 1.165) is 0 Å². The molecule has 0 fully saturated rings. The van der Waals surface area contributed by atoms with Gasteiger partial charge in [0.1, 0.15) is 5.82 Å². The molecular weight excluding hydrogens is 319 g/mol. The summed E-state index contributed by atoms with van der Waals surface area (Å²) in [5.74, 6) is -0.781. The zero-order valence-electron chi connectivity index (χ0n) is 13.0. The van der Waals surface area contributed by atoms with Gasteiger partial charge in [-0.2, -0.15) is 0 Å². The zero-order chi connectivity index (χ0) is 17.0. The zero-order valence-corrected chi connectivity index (χ0v) is 13.8. The molecule has 2 aromatic rings. The Hall–Kier alpha value is -2.14. The molecule has 0 spiro atoms. The number of halogens is 2. The third-order valence-corrected chi connectivity index (χ3v) is 3.96. The van der Waals surface area contributed by atoms with Gasteiger partial charge in [-0.25, -0.2) is 4.39 Å². The molecule has 1 aromatic carbocycles. The van der Waals surface area contributed by atoms with Crippen molar-refractivity contribution in [1.82, 2.24) is 9.88 Å². The standard InChI is InChI=1S/C17H18ClFN2O2/c1-3-12-8-11(9-16(22)20-12)17(23)21(4-2)10-13-14(18)6-5-7-15(13)19/h5-9H,3-4,10H2,1-2H3,(H,20,22). The van der Waals surface area contributed by atoms with Crippen LogP contribution in [0.15, 0.2) is 35.1 Å². The molecule has 4 nitrogen and oxygen atoms in total. The molecule has 0 bridgehead atoms. The molecule has 0 atom stereocenters. The fraction of sp³-hybridized carbons (Fsp3) is 0.294. The number of hydrogen-bond acceptors (Lipinski definition) is 2. The van der Waals surface area contributed by atoms with Gasteiger partial charge >= 0.3 is 0 Å². The third kappa shape index (κ3) is 3.99. The number of aromatic amines is 1. The number of hydrogen-bond donors (Lipinski definition) is 1. The van der Waals surface area contributed by atoms with Gasteiger partial charge in [0.05, 0.1) is 6.54 Å². The maximum Gasteiger partial charge on any atom is 0.254 e. The number of benzene rings is 1. The third-order valence-electron chi connectivity index (χ3n) is 3.61. The molecule has 0 unspecified atom stereocenters. The maximum absolute atomic E-state index is 13.9. The Morgan fingerprint density at radius 3 is 2.65 bits per heavy atom. The molecule has 1 heterocycles. The first-order chi connectivity index (χ1) is 11.0. The van der Waals surface area contributed by atoms with Crippen molar-refractivity contribution in [3.05, 3.63) is 68.3 Å². The molecule has 1 amide bonds. The second-order valence-electron chi connectivity index (χ2n) is 5.13. The maximum atomic E-state index is 13.9. The lowest BCUT2D eigenvalue weighted by molar-refractivity contribution is 0.0751. The number of aromatic nitrogens is 1. The molecule has 1 aromatic heterocycles. The molecule has 1 N–H and O–H groups in total. The molecule has 122 valence electrons. The number of nitrogens with one attached hydrogen (secondary N) is 1. The van der Waals surface area contributed by atoms with Crippen LogP contribution in [-0.2, 0) is 13.0 Å². The summed E-state index contributed by atoms with van der Waals surface area (Å²) in [4.78, 5) is 28.4. The lowest BCUT2D eigenvalue weighted by Crippen LogP contribution is -2.31. The second kappa shape index (κ2) is 7.42. The van der Waals surface area contributed by atoms with Gasteiger partial charge in [-0.1, -0.05) is 24.6 Å². The Morgan fingerprint density at radius 2 is 2.04 bits per heavy atom. The van der Waals surface area contributed by atoms with Gasteiger partial charge in [-0.3, -0.25) is 9.59 Å². The van der Waals surface area contributed by atoms with Crippen molar-refractivity contribution in [3.63, 3.8) is 0 Å². The first kappa shape index (κ1) is 17.2. The number of rotatable bonds is 5. The largest absolute Gasteiger partial charge is 0.334 e. The summed E-state index contributed by atoms with van der Waals surface area (Å²) in [7, 11) is 0. The van der Waals surface area contributed by atoms with Crippen LogP contribution in [0.4, 0.5) is 4.39 Å². The number of aryl methyl sites for hydroxylation is 1. The summed E-state index contributed by atoms with van der Waals surface area (Å²) in [6.07, 6.45) is 0.613. The minimum absolute atomic E-state index is 0.0507. The SMILES string of the molecule is CCc1cc(C(=O)N(CC)Cc2c(F)cccc2Cl)cc(=O)[nH]1. The van der Waals surface area contributed by atoms with E-state index >= 15 is 0 Å². The average Bonchev–Trinajstić information content (AvgIpc) is 2.53. The Morgan fingerprint density at radius 1 is 1.30 bits per heavy atom. The first-order valence-corrected chi connectivity index (χ1v) is 7.79. The average molecular weight is 337 g/mol. The van der Waals surface area contributed by atoms with Crippen LogP contribution in [-0.4, -0.2) is 22.3 Å². The Balaban J connectivity index is 2.32. The molecule has 0 aliphatic heterocycles. The number of H-pyrrole nitrogens is 1. The molecule has 0 radical (unpaired) electrons. The quantitative estimate of drug-likeness (QED) is 0.910. The lowest BCUT2D eigenvalue weighted by atomic mass is 10.1. The van der Waals surface area contributed by atoms with E-state index in [-0.39, 0.29) is 28.6 Å². The van der Waals surface area contributed by atoms with Gasteiger partial charge in [0.25, 0.3) is 5.91 Å². The Kier molecular flexibility index (Phi) is 5.55. The van der Waals surface area contributed by atoms with E-state index < -0.39 is 5.82 Å². The van der Waals surface area contributed by atoms with Gasteiger partial charge in [-0.15, -0.1) is 0 Å². The molecule has 2 rings (SSSR count). The van der Waals surface area contributed by atoms with Crippen LogP contribution >= 0.6 is 11.6 Å². The summed E-state index contributed by atoms with van der Waals surface area (Å²) in [5.41, 5.74) is 0.915. The molecule has 0 aliphatic rings. The highest BCUT2D eigenvalue weighted by Crippen LogP contribution is 2.21. The van der Waals surface area contributed by atoms with Crippen molar-refractivity contribution >= 4 is 17.5 Å². The van der Waals surface area contributed by atoms with Gasteiger partial charge in [0.2, 0.25) is 5.56 Å².